The number of methoxy groups -OCH3 is 1. The van der Waals surface area contributed by atoms with Crippen molar-refractivity contribution >= 4 is 25.6 Å². The lowest BCUT2D eigenvalue weighted by Crippen LogP contribution is -2.61. The molecule has 1 aromatic rings. The first kappa shape index (κ1) is 16.6. The average Bonchev–Trinajstić information content (AvgIpc) is 3.36. The Bertz CT molecular complexity index is 973. The van der Waals surface area contributed by atoms with E-state index in [1.165, 1.54) is 17.9 Å². The zero-order chi connectivity index (χ0) is 19.1. The number of fused-ring (bicyclic) bond motifs is 3. The van der Waals surface area contributed by atoms with Gasteiger partial charge >= 0.3 is 5.97 Å². The van der Waals surface area contributed by atoms with Crippen LogP contribution in [0.2, 0.25) is 0 Å². The highest BCUT2D eigenvalue weighted by Crippen LogP contribution is 2.67. The topological polar surface area (TPSA) is 104 Å². The maximum atomic E-state index is 13.2. The lowest BCUT2D eigenvalue weighted by Gasteiger charge is -2.51. The molecule has 3 heterocycles. The minimum atomic E-state index is -1.07. The third-order valence-electron chi connectivity index (χ3n) is 6.25. The van der Waals surface area contributed by atoms with Crippen LogP contribution in [0.15, 0.2) is 11.0 Å². The monoisotopic (exact) mass is 372 g/mol. The largest absolute Gasteiger partial charge is 0.491 e. The second-order valence-electron chi connectivity index (χ2n) is 7.57. The summed E-state index contributed by atoms with van der Waals surface area (Å²) in [5.41, 5.74) is -0.937. The fraction of sp³-hybridized carbons (Fsp3) is 0.529. The molecule has 2 aliphatic heterocycles. The summed E-state index contributed by atoms with van der Waals surface area (Å²) in [6.45, 7) is 0.279. The van der Waals surface area contributed by atoms with Crippen LogP contribution in [0.3, 0.4) is 0 Å². The minimum Gasteiger partial charge on any atom is -0.491 e. The van der Waals surface area contributed by atoms with Crippen molar-refractivity contribution in [3.05, 3.63) is 27.7 Å². The van der Waals surface area contributed by atoms with Crippen LogP contribution in [0.1, 0.15) is 40.1 Å². The molecule has 5 rings (SSSR count). The first-order valence-electron chi connectivity index (χ1n) is 8.89. The number of ether oxygens (including phenoxy) is 3. The number of hydrogen-bond acceptors (Lipinski definition) is 7. The van der Waals surface area contributed by atoms with E-state index in [1.807, 2.05) is 0 Å². The Labute approximate surface area is 154 Å². The highest BCUT2D eigenvalue weighted by Gasteiger charge is 2.72. The van der Waals surface area contributed by atoms with Gasteiger partial charge in [-0.25, -0.2) is 4.79 Å². The van der Waals surface area contributed by atoms with Crippen LogP contribution >= 0.6 is 0 Å². The first-order chi connectivity index (χ1) is 12.9. The Morgan fingerprint density at radius 2 is 2.15 bits per heavy atom. The van der Waals surface area contributed by atoms with Crippen LogP contribution in [-0.2, 0) is 16.0 Å². The summed E-state index contributed by atoms with van der Waals surface area (Å²) < 4.78 is 17.3. The van der Waals surface area contributed by atoms with Crippen LogP contribution < -0.4 is 10.2 Å². The average molecular weight is 372 g/mol. The first-order valence-corrected chi connectivity index (χ1v) is 8.89. The van der Waals surface area contributed by atoms with Gasteiger partial charge in [-0.05, 0) is 19.3 Å². The summed E-state index contributed by atoms with van der Waals surface area (Å²) in [6.07, 6.45) is 3.94. The molecule has 10 heteroatoms. The molecule has 27 heavy (non-hydrogen) atoms. The molecule has 2 aliphatic carbocycles. The molecule has 1 unspecified atom stereocenters. The molecule has 3 fully saturated rings. The van der Waals surface area contributed by atoms with E-state index in [2.05, 4.69) is 4.74 Å². The van der Waals surface area contributed by atoms with E-state index >= 15 is 0 Å². The Morgan fingerprint density at radius 1 is 1.37 bits per heavy atom. The number of aromatic nitrogens is 1. The fourth-order valence-electron chi connectivity index (χ4n) is 4.80. The molecule has 4 aliphatic rings. The number of hydrogen-bond donors (Lipinski definition) is 0. The molecule has 2 saturated carbocycles. The van der Waals surface area contributed by atoms with Crippen molar-refractivity contribution in [3.8, 4) is 5.75 Å². The second-order valence-corrected chi connectivity index (χ2v) is 7.57. The Balaban J connectivity index is 1.60. The molecule has 1 amide bonds. The lowest BCUT2D eigenvalue weighted by molar-refractivity contribution is -0.196. The Morgan fingerprint density at radius 3 is 2.78 bits per heavy atom. The van der Waals surface area contributed by atoms with Crippen molar-refractivity contribution in [2.75, 3.05) is 7.11 Å². The number of carbonyl (C=O) groups is 3. The summed E-state index contributed by atoms with van der Waals surface area (Å²) >= 11 is 0. The molecule has 1 saturated heterocycles. The van der Waals surface area contributed by atoms with Crippen molar-refractivity contribution in [2.45, 2.75) is 44.2 Å². The standard InChI is InChI=1S/C17H17BN2O7/c1-25-13-11-14(22)20-8-4-17(8)3-2-9(17)26-10(20)6-19(11)5-7(12(13)21)15(23)27-16(18)24/h5,8-10H,2-4,6,18H2,1H3/t8-,9-,10-,17?/m1/s1. The van der Waals surface area contributed by atoms with Gasteiger partial charge in [0.25, 0.3) is 11.8 Å². The lowest BCUT2D eigenvalue weighted by atomic mass is 9.76. The predicted molar refractivity (Wildman–Crippen MR) is 91.5 cm³/mol. The van der Waals surface area contributed by atoms with E-state index < -0.39 is 23.5 Å². The fourth-order valence-corrected chi connectivity index (χ4v) is 4.80. The van der Waals surface area contributed by atoms with Gasteiger partial charge < -0.3 is 23.7 Å². The van der Waals surface area contributed by atoms with Gasteiger partial charge in [-0.3, -0.25) is 14.4 Å². The highest BCUT2D eigenvalue weighted by atomic mass is 16.6. The van der Waals surface area contributed by atoms with E-state index in [4.69, 9.17) is 9.47 Å². The smallest absolute Gasteiger partial charge is 0.350 e. The molecule has 140 valence electrons. The summed E-state index contributed by atoms with van der Waals surface area (Å²) in [5, 5.41) is 0. The quantitative estimate of drug-likeness (QED) is 0.392. The molecule has 0 bridgehead atoms. The van der Waals surface area contributed by atoms with Crippen molar-refractivity contribution in [3.63, 3.8) is 0 Å². The number of nitrogens with zero attached hydrogens (tertiary/aromatic N) is 2. The van der Waals surface area contributed by atoms with Gasteiger partial charge in [0.1, 0.15) is 5.56 Å². The molecule has 1 aromatic heterocycles. The summed E-state index contributed by atoms with van der Waals surface area (Å²) in [4.78, 5) is 50.8. The maximum Gasteiger partial charge on any atom is 0.350 e. The van der Waals surface area contributed by atoms with Gasteiger partial charge in [0.2, 0.25) is 13.3 Å². The molecule has 0 N–H and O–H groups in total. The van der Waals surface area contributed by atoms with E-state index in [0.29, 0.717) is 0 Å². The van der Waals surface area contributed by atoms with Gasteiger partial charge in [-0.2, -0.15) is 0 Å². The van der Waals surface area contributed by atoms with Crippen molar-refractivity contribution in [2.24, 2.45) is 5.41 Å². The number of pyridine rings is 1. The Hall–Kier alpha value is -2.62. The van der Waals surface area contributed by atoms with Gasteiger partial charge in [0.05, 0.1) is 19.8 Å². The number of carbonyl (C=O) groups excluding carboxylic acids is 3. The second kappa shape index (κ2) is 5.22. The van der Waals surface area contributed by atoms with E-state index in [-0.39, 0.29) is 47.0 Å². The molecular formula is C17H17BN2O7. The van der Waals surface area contributed by atoms with Crippen molar-refractivity contribution < 1.29 is 28.6 Å². The van der Waals surface area contributed by atoms with Crippen molar-refractivity contribution in [1.29, 1.82) is 0 Å². The molecule has 1 spiro atoms. The Kier molecular flexibility index (Phi) is 3.20. The van der Waals surface area contributed by atoms with Gasteiger partial charge in [0, 0.05) is 17.7 Å². The third-order valence-corrected chi connectivity index (χ3v) is 6.25. The molecule has 4 atom stereocenters. The summed E-state index contributed by atoms with van der Waals surface area (Å²) in [7, 11) is 2.34. The maximum absolute atomic E-state index is 13.2. The van der Waals surface area contributed by atoms with Crippen LogP contribution in [0.5, 0.6) is 5.75 Å². The summed E-state index contributed by atoms with van der Waals surface area (Å²) in [5.74, 6) is -2.45. The van der Waals surface area contributed by atoms with Gasteiger partial charge in [-0.1, -0.05) is 0 Å². The number of rotatable bonds is 2. The normalized spacial score (nSPS) is 32.3. The number of amides is 1. The summed E-state index contributed by atoms with van der Waals surface area (Å²) in [6, 6.07) is 0.137. The zero-order valence-electron chi connectivity index (χ0n) is 14.9. The van der Waals surface area contributed by atoms with E-state index in [0.717, 1.165) is 27.1 Å². The minimum absolute atomic E-state index is 0.0904. The highest BCUT2D eigenvalue weighted by molar-refractivity contribution is 6.56. The van der Waals surface area contributed by atoms with Crippen LogP contribution in [0, 0.1) is 5.41 Å². The van der Waals surface area contributed by atoms with E-state index in [9.17, 15) is 19.2 Å². The van der Waals surface area contributed by atoms with Gasteiger partial charge in [-0.15, -0.1) is 0 Å². The molecule has 9 nitrogen and oxygen atoms in total. The zero-order valence-corrected chi connectivity index (χ0v) is 14.9. The number of esters is 1. The van der Waals surface area contributed by atoms with Crippen LogP contribution in [0.25, 0.3) is 0 Å². The van der Waals surface area contributed by atoms with Gasteiger partial charge in [0.15, 0.2) is 17.7 Å². The molecular weight excluding hydrogens is 355 g/mol. The predicted octanol–water partition coefficient (Wildman–Crippen LogP) is -0.500. The van der Waals surface area contributed by atoms with Crippen molar-refractivity contribution in [1.82, 2.24) is 9.47 Å². The molecule has 0 radical (unpaired) electrons. The van der Waals surface area contributed by atoms with E-state index in [1.54, 1.807) is 4.90 Å². The molecule has 0 aromatic carbocycles. The van der Waals surface area contributed by atoms with Crippen LogP contribution in [0.4, 0.5) is 4.79 Å². The SMILES string of the molecule is BC(=O)OC(=O)c1cn2c(c(OC)c1=O)C(=O)N1[C@@H](C2)O[C@@H]2CCC23C[C@@H]13. The third kappa shape index (κ3) is 2.04. The van der Waals surface area contributed by atoms with Crippen LogP contribution in [-0.4, -0.2) is 60.5 Å².